The third-order valence-corrected chi connectivity index (χ3v) is 3.15. The summed E-state index contributed by atoms with van der Waals surface area (Å²) in [7, 11) is 3.85. The normalized spacial score (nSPS) is 21.8. The Morgan fingerprint density at radius 3 is 2.88 bits per heavy atom. The van der Waals surface area contributed by atoms with Crippen molar-refractivity contribution in [3.63, 3.8) is 0 Å². The second kappa shape index (κ2) is 4.85. The lowest BCUT2D eigenvalue weighted by Crippen LogP contribution is -2.56. The van der Waals surface area contributed by atoms with Crippen LogP contribution in [0.1, 0.15) is 10.5 Å². The number of likely N-dealkylation sites (N-methyl/N-ethyl adjacent to an activating group) is 1. The van der Waals surface area contributed by atoms with Gasteiger partial charge in [-0.1, -0.05) is 0 Å². The van der Waals surface area contributed by atoms with Crippen molar-refractivity contribution in [3.05, 3.63) is 18.0 Å². The molecule has 1 saturated heterocycles. The summed E-state index contributed by atoms with van der Waals surface area (Å²) in [6.07, 6.45) is 1.78. The minimum atomic E-state index is -0.0193. The van der Waals surface area contributed by atoms with Crippen LogP contribution in [0.15, 0.2) is 12.3 Å². The molecule has 0 aromatic carbocycles. The fourth-order valence-corrected chi connectivity index (χ4v) is 2.16. The Bertz CT molecular complexity index is 402. The van der Waals surface area contributed by atoms with Crippen molar-refractivity contribution in [1.29, 1.82) is 0 Å². The van der Waals surface area contributed by atoms with E-state index in [1.165, 1.54) is 0 Å². The molecule has 1 aliphatic rings. The van der Waals surface area contributed by atoms with Crippen LogP contribution in [0.2, 0.25) is 0 Å². The van der Waals surface area contributed by atoms with Gasteiger partial charge in [0.15, 0.2) is 0 Å². The molecule has 0 bridgehead atoms. The lowest BCUT2D eigenvalue weighted by Gasteiger charge is -2.39. The SMILES string of the molecule is CN1CCN(C(=O)c2ccn(C)n2)C(CN)C1. The van der Waals surface area contributed by atoms with E-state index in [2.05, 4.69) is 10.00 Å². The fourth-order valence-electron chi connectivity index (χ4n) is 2.16. The van der Waals surface area contributed by atoms with Gasteiger partial charge in [0.05, 0.1) is 6.04 Å². The molecule has 2 rings (SSSR count). The Morgan fingerprint density at radius 2 is 2.29 bits per heavy atom. The first-order valence-electron chi connectivity index (χ1n) is 5.81. The summed E-state index contributed by atoms with van der Waals surface area (Å²) in [5, 5.41) is 4.14. The van der Waals surface area contributed by atoms with Crippen LogP contribution >= 0.6 is 0 Å². The summed E-state index contributed by atoms with van der Waals surface area (Å²) >= 11 is 0. The molecule has 1 aromatic heterocycles. The standard InChI is InChI=1S/C11H19N5O/c1-14-5-6-16(9(7-12)8-14)11(17)10-3-4-15(2)13-10/h3-4,9H,5-8,12H2,1-2H3. The molecule has 0 saturated carbocycles. The number of aryl methyl sites for hydroxylation is 1. The van der Waals surface area contributed by atoms with Crippen LogP contribution in [-0.4, -0.2) is 64.8 Å². The molecule has 2 N–H and O–H groups in total. The molecule has 1 aliphatic heterocycles. The molecule has 1 fully saturated rings. The van der Waals surface area contributed by atoms with Gasteiger partial charge in [-0.2, -0.15) is 5.10 Å². The van der Waals surface area contributed by atoms with Gasteiger partial charge >= 0.3 is 0 Å². The molecule has 0 spiro atoms. The number of hydrogen-bond donors (Lipinski definition) is 1. The average molecular weight is 237 g/mol. The second-order valence-corrected chi connectivity index (χ2v) is 4.52. The summed E-state index contributed by atoms with van der Waals surface area (Å²) in [5.74, 6) is -0.0193. The number of nitrogens with zero attached hydrogens (tertiary/aromatic N) is 4. The highest BCUT2D eigenvalue weighted by molar-refractivity contribution is 5.92. The molecule has 2 heterocycles. The molecular formula is C11H19N5O. The number of hydrogen-bond acceptors (Lipinski definition) is 4. The van der Waals surface area contributed by atoms with Crippen LogP contribution in [0.4, 0.5) is 0 Å². The van der Waals surface area contributed by atoms with E-state index >= 15 is 0 Å². The zero-order valence-electron chi connectivity index (χ0n) is 10.3. The molecule has 1 aromatic rings. The highest BCUT2D eigenvalue weighted by atomic mass is 16.2. The van der Waals surface area contributed by atoms with Crippen molar-refractivity contribution < 1.29 is 4.79 Å². The van der Waals surface area contributed by atoms with E-state index in [1.807, 2.05) is 11.9 Å². The first kappa shape index (κ1) is 12.1. The Morgan fingerprint density at radius 1 is 1.53 bits per heavy atom. The summed E-state index contributed by atoms with van der Waals surface area (Å²) in [4.78, 5) is 16.3. The maximum atomic E-state index is 12.3. The first-order valence-corrected chi connectivity index (χ1v) is 5.81. The number of rotatable bonds is 2. The van der Waals surface area contributed by atoms with Gasteiger partial charge in [-0.15, -0.1) is 0 Å². The Balaban J connectivity index is 2.13. The number of carbonyl (C=O) groups is 1. The van der Waals surface area contributed by atoms with Crippen molar-refractivity contribution in [2.45, 2.75) is 6.04 Å². The zero-order chi connectivity index (χ0) is 12.4. The van der Waals surface area contributed by atoms with Gasteiger partial charge < -0.3 is 15.5 Å². The van der Waals surface area contributed by atoms with E-state index in [-0.39, 0.29) is 11.9 Å². The molecule has 0 aliphatic carbocycles. The third-order valence-electron chi connectivity index (χ3n) is 3.15. The number of aromatic nitrogens is 2. The number of piperazine rings is 1. The predicted octanol–water partition coefficient (Wildman–Crippen LogP) is -0.865. The molecular weight excluding hydrogens is 218 g/mol. The van der Waals surface area contributed by atoms with Crippen LogP contribution in [0.25, 0.3) is 0 Å². The van der Waals surface area contributed by atoms with Crippen LogP contribution < -0.4 is 5.73 Å². The minimum absolute atomic E-state index is 0.0193. The first-order chi connectivity index (χ1) is 8.11. The minimum Gasteiger partial charge on any atom is -0.330 e. The third kappa shape index (κ3) is 2.48. The number of amides is 1. The van der Waals surface area contributed by atoms with Gasteiger partial charge in [0.2, 0.25) is 0 Å². The zero-order valence-corrected chi connectivity index (χ0v) is 10.3. The van der Waals surface area contributed by atoms with Crippen molar-refractivity contribution in [2.24, 2.45) is 12.8 Å². The topological polar surface area (TPSA) is 67.4 Å². The quantitative estimate of drug-likeness (QED) is 0.726. The summed E-state index contributed by atoms with van der Waals surface area (Å²) in [6.45, 7) is 2.92. The van der Waals surface area contributed by atoms with E-state index in [9.17, 15) is 4.79 Å². The second-order valence-electron chi connectivity index (χ2n) is 4.52. The van der Waals surface area contributed by atoms with Gasteiger partial charge in [-0.25, -0.2) is 0 Å². The summed E-state index contributed by atoms with van der Waals surface area (Å²) in [5.41, 5.74) is 6.23. The predicted molar refractivity (Wildman–Crippen MR) is 64.6 cm³/mol. The van der Waals surface area contributed by atoms with Crippen LogP contribution in [0, 0.1) is 0 Å². The van der Waals surface area contributed by atoms with E-state index in [4.69, 9.17) is 5.73 Å². The molecule has 94 valence electrons. The smallest absolute Gasteiger partial charge is 0.274 e. The summed E-state index contributed by atoms with van der Waals surface area (Å²) < 4.78 is 1.64. The summed E-state index contributed by atoms with van der Waals surface area (Å²) in [6, 6.07) is 1.83. The lowest BCUT2D eigenvalue weighted by atomic mass is 10.1. The van der Waals surface area contributed by atoms with Gasteiger partial charge in [0, 0.05) is 39.4 Å². The molecule has 0 radical (unpaired) electrons. The van der Waals surface area contributed by atoms with E-state index in [0.29, 0.717) is 18.8 Å². The Hall–Kier alpha value is -1.40. The maximum Gasteiger partial charge on any atom is 0.274 e. The van der Waals surface area contributed by atoms with Gasteiger partial charge in [-0.05, 0) is 13.1 Å². The highest BCUT2D eigenvalue weighted by Gasteiger charge is 2.29. The van der Waals surface area contributed by atoms with Crippen molar-refractivity contribution >= 4 is 5.91 Å². The molecule has 1 atom stereocenters. The maximum absolute atomic E-state index is 12.3. The number of carbonyl (C=O) groups excluding carboxylic acids is 1. The van der Waals surface area contributed by atoms with E-state index in [1.54, 1.807) is 24.0 Å². The molecule has 17 heavy (non-hydrogen) atoms. The van der Waals surface area contributed by atoms with Gasteiger partial charge in [0.25, 0.3) is 5.91 Å². The van der Waals surface area contributed by atoms with Crippen molar-refractivity contribution in [2.75, 3.05) is 33.2 Å². The van der Waals surface area contributed by atoms with Crippen LogP contribution in [0.3, 0.4) is 0 Å². The van der Waals surface area contributed by atoms with E-state index in [0.717, 1.165) is 13.1 Å². The fraction of sp³-hybridized carbons (Fsp3) is 0.636. The van der Waals surface area contributed by atoms with Gasteiger partial charge in [0.1, 0.15) is 5.69 Å². The van der Waals surface area contributed by atoms with Crippen LogP contribution in [-0.2, 0) is 7.05 Å². The van der Waals surface area contributed by atoms with Crippen molar-refractivity contribution in [3.8, 4) is 0 Å². The average Bonchev–Trinajstić information content (AvgIpc) is 2.75. The lowest BCUT2D eigenvalue weighted by molar-refractivity contribution is 0.0509. The van der Waals surface area contributed by atoms with Gasteiger partial charge in [-0.3, -0.25) is 9.48 Å². The monoisotopic (exact) mass is 237 g/mol. The molecule has 6 nitrogen and oxygen atoms in total. The molecule has 6 heteroatoms. The Kier molecular flexibility index (Phi) is 3.44. The molecule has 1 amide bonds. The Labute approximate surface area is 101 Å². The van der Waals surface area contributed by atoms with Crippen LogP contribution in [0.5, 0.6) is 0 Å². The molecule has 1 unspecified atom stereocenters. The van der Waals surface area contributed by atoms with Crippen molar-refractivity contribution in [1.82, 2.24) is 19.6 Å². The van der Waals surface area contributed by atoms with E-state index < -0.39 is 0 Å². The highest BCUT2D eigenvalue weighted by Crippen LogP contribution is 2.11. The number of nitrogens with two attached hydrogens (primary N) is 1. The largest absolute Gasteiger partial charge is 0.330 e.